The van der Waals surface area contributed by atoms with Gasteiger partial charge in [-0.15, -0.1) is 0 Å². The van der Waals surface area contributed by atoms with Gasteiger partial charge in [0.15, 0.2) is 0 Å². The predicted molar refractivity (Wildman–Crippen MR) is 64.1 cm³/mol. The summed E-state index contributed by atoms with van der Waals surface area (Å²) in [7, 11) is 0. The molecule has 1 aromatic carbocycles. The number of benzene rings is 1. The maximum absolute atomic E-state index is 13.8. The third-order valence-corrected chi connectivity index (χ3v) is 3.46. The zero-order chi connectivity index (χ0) is 15.0. The average molecular weight is 290 g/mol. The summed E-state index contributed by atoms with van der Waals surface area (Å²) in [6, 6.07) is 5.69. The maximum atomic E-state index is 13.8. The van der Waals surface area contributed by atoms with Gasteiger partial charge >= 0.3 is 12.1 Å². The summed E-state index contributed by atoms with van der Waals surface area (Å²) < 4.78 is 51.2. The van der Waals surface area contributed by atoms with E-state index in [0.717, 1.165) is 0 Å². The fraction of sp³-hybridized carbons (Fsp3) is 0.462. The first-order valence-electron chi connectivity index (χ1n) is 6.14. The third-order valence-electron chi connectivity index (χ3n) is 3.46. The van der Waals surface area contributed by atoms with E-state index in [-0.39, 0.29) is 18.7 Å². The standard InChI is InChI=1S/C13H14F4N2O/c14-10-5-2-1-4-9(10)12(18)6-3-7-19(8-12)11(20)13(15,16)17/h1-2,4-5H,3,6-8,18H2. The summed E-state index contributed by atoms with van der Waals surface area (Å²) >= 11 is 0. The van der Waals surface area contributed by atoms with Crippen LogP contribution >= 0.6 is 0 Å². The van der Waals surface area contributed by atoms with E-state index < -0.39 is 23.4 Å². The van der Waals surface area contributed by atoms with Crippen LogP contribution in [0.3, 0.4) is 0 Å². The van der Waals surface area contributed by atoms with E-state index in [2.05, 4.69) is 0 Å². The molecule has 0 radical (unpaired) electrons. The molecule has 1 heterocycles. The Balaban J connectivity index is 2.26. The number of likely N-dealkylation sites (tertiary alicyclic amines) is 1. The van der Waals surface area contributed by atoms with E-state index in [9.17, 15) is 22.4 Å². The van der Waals surface area contributed by atoms with Gasteiger partial charge in [-0.25, -0.2) is 4.39 Å². The second kappa shape index (κ2) is 5.05. The number of alkyl halides is 3. The molecule has 7 heteroatoms. The lowest BCUT2D eigenvalue weighted by molar-refractivity contribution is -0.187. The van der Waals surface area contributed by atoms with Crippen LogP contribution in [-0.2, 0) is 10.3 Å². The first-order valence-corrected chi connectivity index (χ1v) is 6.14. The van der Waals surface area contributed by atoms with Crippen molar-refractivity contribution in [1.82, 2.24) is 4.90 Å². The van der Waals surface area contributed by atoms with Gasteiger partial charge in [-0.3, -0.25) is 4.79 Å². The van der Waals surface area contributed by atoms with E-state index in [4.69, 9.17) is 5.73 Å². The first-order chi connectivity index (χ1) is 9.24. The van der Waals surface area contributed by atoms with Crippen LogP contribution in [0.4, 0.5) is 17.6 Å². The molecule has 20 heavy (non-hydrogen) atoms. The summed E-state index contributed by atoms with van der Waals surface area (Å²) in [5.41, 5.74) is 4.90. The monoisotopic (exact) mass is 290 g/mol. The molecule has 1 saturated heterocycles. The molecule has 3 nitrogen and oxygen atoms in total. The molecule has 1 aliphatic rings. The molecule has 0 saturated carbocycles. The van der Waals surface area contributed by atoms with E-state index in [0.29, 0.717) is 17.7 Å². The summed E-state index contributed by atoms with van der Waals surface area (Å²) in [4.78, 5) is 11.9. The number of carbonyl (C=O) groups is 1. The molecule has 1 fully saturated rings. The molecule has 1 atom stereocenters. The van der Waals surface area contributed by atoms with Crippen LogP contribution in [0.2, 0.25) is 0 Å². The number of nitrogens with zero attached hydrogens (tertiary/aromatic N) is 1. The van der Waals surface area contributed by atoms with E-state index in [1.165, 1.54) is 18.2 Å². The quantitative estimate of drug-likeness (QED) is 0.806. The minimum absolute atomic E-state index is 0.0221. The van der Waals surface area contributed by atoms with Crippen LogP contribution in [0.1, 0.15) is 18.4 Å². The minimum atomic E-state index is -4.94. The van der Waals surface area contributed by atoms with Crippen LogP contribution in [0.15, 0.2) is 24.3 Å². The number of halogens is 4. The Morgan fingerprint density at radius 2 is 1.95 bits per heavy atom. The van der Waals surface area contributed by atoms with Crippen molar-refractivity contribution in [2.24, 2.45) is 5.73 Å². The van der Waals surface area contributed by atoms with E-state index >= 15 is 0 Å². The van der Waals surface area contributed by atoms with Gasteiger partial charge in [-0.05, 0) is 18.9 Å². The lowest BCUT2D eigenvalue weighted by Crippen LogP contribution is -2.56. The second-order valence-corrected chi connectivity index (χ2v) is 4.96. The van der Waals surface area contributed by atoms with Crippen LogP contribution in [0.25, 0.3) is 0 Å². The SMILES string of the molecule is NC1(c2ccccc2F)CCCN(C(=O)C(F)(F)F)C1. The first kappa shape index (κ1) is 14.8. The van der Waals surface area contributed by atoms with Gasteiger partial charge in [0, 0.05) is 18.7 Å². The molecule has 0 aliphatic carbocycles. The van der Waals surface area contributed by atoms with Gasteiger partial charge in [-0.2, -0.15) is 13.2 Å². The summed E-state index contributed by atoms with van der Waals surface area (Å²) in [5.74, 6) is -2.50. The predicted octanol–water partition coefficient (Wildman–Crippen LogP) is 2.16. The van der Waals surface area contributed by atoms with Gasteiger partial charge in [0.2, 0.25) is 0 Å². The Labute approximate surface area is 113 Å². The van der Waals surface area contributed by atoms with Crippen molar-refractivity contribution in [2.75, 3.05) is 13.1 Å². The molecular formula is C13H14F4N2O. The largest absolute Gasteiger partial charge is 0.471 e. The number of amides is 1. The molecular weight excluding hydrogens is 276 g/mol. The Morgan fingerprint density at radius 1 is 1.30 bits per heavy atom. The fourth-order valence-corrected chi connectivity index (χ4v) is 2.52. The maximum Gasteiger partial charge on any atom is 0.471 e. The van der Waals surface area contributed by atoms with Gasteiger partial charge in [0.05, 0.1) is 5.54 Å². The van der Waals surface area contributed by atoms with Crippen molar-refractivity contribution in [1.29, 1.82) is 0 Å². The zero-order valence-electron chi connectivity index (χ0n) is 10.6. The molecule has 0 aromatic heterocycles. The van der Waals surface area contributed by atoms with Gasteiger partial charge < -0.3 is 10.6 Å². The van der Waals surface area contributed by atoms with Crippen molar-refractivity contribution < 1.29 is 22.4 Å². The molecule has 0 spiro atoms. The van der Waals surface area contributed by atoms with Crippen molar-refractivity contribution >= 4 is 5.91 Å². The molecule has 1 amide bonds. The third kappa shape index (κ3) is 2.77. The summed E-state index contributed by atoms with van der Waals surface area (Å²) in [5, 5.41) is 0. The molecule has 0 bridgehead atoms. The molecule has 1 aliphatic heterocycles. The number of carbonyl (C=O) groups excluding carboxylic acids is 1. The fourth-order valence-electron chi connectivity index (χ4n) is 2.52. The highest BCUT2D eigenvalue weighted by Gasteiger charge is 2.46. The highest BCUT2D eigenvalue weighted by atomic mass is 19.4. The normalized spacial score (nSPS) is 23.8. The number of hydrogen-bond acceptors (Lipinski definition) is 2. The highest BCUT2D eigenvalue weighted by molar-refractivity contribution is 5.82. The highest BCUT2D eigenvalue weighted by Crippen LogP contribution is 2.32. The Hall–Kier alpha value is -1.63. The van der Waals surface area contributed by atoms with Gasteiger partial charge in [0.25, 0.3) is 0 Å². The van der Waals surface area contributed by atoms with Gasteiger partial charge in [-0.1, -0.05) is 18.2 Å². The number of rotatable bonds is 1. The molecule has 1 aromatic rings. The molecule has 110 valence electrons. The van der Waals surface area contributed by atoms with Crippen molar-refractivity contribution in [3.05, 3.63) is 35.6 Å². The number of nitrogens with two attached hydrogens (primary N) is 1. The zero-order valence-corrected chi connectivity index (χ0v) is 10.6. The lowest BCUT2D eigenvalue weighted by atomic mass is 9.83. The molecule has 1 unspecified atom stereocenters. The van der Waals surface area contributed by atoms with Crippen LogP contribution in [-0.4, -0.2) is 30.1 Å². The number of piperidine rings is 1. The summed E-state index contributed by atoms with van der Waals surface area (Å²) in [6.45, 7) is -0.363. The van der Waals surface area contributed by atoms with Crippen LogP contribution < -0.4 is 5.73 Å². The van der Waals surface area contributed by atoms with E-state index in [1.807, 2.05) is 0 Å². The summed E-state index contributed by atoms with van der Waals surface area (Å²) in [6.07, 6.45) is -4.31. The Bertz CT molecular complexity index is 517. The van der Waals surface area contributed by atoms with Crippen LogP contribution in [0.5, 0.6) is 0 Å². The van der Waals surface area contributed by atoms with Crippen molar-refractivity contribution in [2.45, 2.75) is 24.6 Å². The topological polar surface area (TPSA) is 46.3 Å². The lowest BCUT2D eigenvalue weighted by Gasteiger charge is -2.40. The Morgan fingerprint density at radius 3 is 2.55 bits per heavy atom. The molecule has 2 rings (SSSR count). The van der Waals surface area contributed by atoms with Crippen molar-refractivity contribution in [3.8, 4) is 0 Å². The average Bonchev–Trinajstić information content (AvgIpc) is 2.37. The van der Waals surface area contributed by atoms with Gasteiger partial charge in [0.1, 0.15) is 5.82 Å². The van der Waals surface area contributed by atoms with Crippen LogP contribution in [0, 0.1) is 5.82 Å². The smallest absolute Gasteiger partial charge is 0.333 e. The molecule has 2 N–H and O–H groups in total. The Kier molecular flexibility index (Phi) is 3.73. The number of hydrogen-bond donors (Lipinski definition) is 1. The minimum Gasteiger partial charge on any atom is -0.333 e. The van der Waals surface area contributed by atoms with E-state index in [1.54, 1.807) is 6.07 Å². The van der Waals surface area contributed by atoms with Crippen molar-refractivity contribution in [3.63, 3.8) is 0 Å². The second-order valence-electron chi connectivity index (χ2n) is 4.96.